The van der Waals surface area contributed by atoms with Crippen LogP contribution in [0.2, 0.25) is 0 Å². The Morgan fingerprint density at radius 2 is 2.35 bits per heavy atom. The Labute approximate surface area is 113 Å². The summed E-state index contributed by atoms with van der Waals surface area (Å²) in [5.74, 6) is 0.262. The monoisotopic (exact) mass is 274 g/mol. The van der Waals surface area contributed by atoms with Crippen molar-refractivity contribution in [1.29, 1.82) is 0 Å². The van der Waals surface area contributed by atoms with E-state index in [0.717, 1.165) is 0 Å². The van der Waals surface area contributed by atoms with E-state index in [0.29, 0.717) is 17.1 Å². The van der Waals surface area contributed by atoms with Crippen LogP contribution >= 0.6 is 0 Å². The molecule has 7 nitrogen and oxygen atoms in total. The molecule has 0 aromatic heterocycles. The van der Waals surface area contributed by atoms with Gasteiger partial charge in [-0.25, -0.2) is 4.79 Å². The molecular weight excluding hydrogens is 264 g/mol. The average Bonchev–Trinajstić information content (AvgIpc) is 2.95. The minimum Gasteiger partial charge on any atom is -0.461 e. The third-order valence-electron chi connectivity index (χ3n) is 3.04. The Balaban J connectivity index is 2.02. The molecule has 102 valence electrons. The predicted octanol–water partition coefficient (Wildman–Crippen LogP) is 1.93. The number of carbonyl (C=O) groups is 1. The van der Waals surface area contributed by atoms with E-state index in [9.17, 15) is 14.9 Å². The maximum absolute atomic E-state index is 11.6. The number of benzene rings is 1. The number of fused-ring (bicyclic) bond motifs is 3. The van der Waals surface area contributed by atoms with E-state index in [1.165, 1.54) is 12.1 Å². The van der Waals surface area contributed by atoms with E-state index < -0.39 is 16.9 Å². The van der Waals surface area contributed by atoms with E-state index in [1.54, 1.807) is 19.1 Å². The Bertz CT molecular complexity index is 677. The van der Waals surface area contributed by atoms with Crippen molar-refractivity contribution in [3.05, 3.63) is 45.7 Å². The van der Waals surface area contributed by atoms with Gasteiger partial charge in [0.1, 0.15) is 28.8 Å². The molecule has 2 heterocycles. The van der Waals surface area contributed by atoms with Crippen LogP contribution in [0.4, 0.5) is 5.69 Å². The van der Waals surface area contributed by atoms with Crippen molar-refractivity contribution in [2.24, 2.45) is 4.99 Å². The molecule has 0 saturated carbocycles. The lowest BCUT2D eigenvalue weighted by atomic mass is 10.1. The highest BCUT2D eigenvalue weighted by Gasteiger charge is 2.40. The van der Waals surface area contributed by atoms with E-state index in [2.05, 4.69) is 4.99 Å². The number of ether oxygens (including phenoxy) is 2. The van der Waals surface area contributed by atoms with Crippen molar-refractivity contribution < 1.29 is 19.2 Å². The van der Waals surface area contributed by atoms with Crippen LogP contribution in [0.5, 0.6) is 5.75 Å². The van der Waals surface area contributed by atoms with Crippen LogP contribution in [-0.2, 0) is 9.53 Å². The van der Waals surface area contributed by atoms with Crippen LogP contribution in [0.1, 0.15) is 18.5 Å². The first-order valence-electron chi connectivity index (χ1n) is 6.03. The lowest BCUT2D eigenvalue weighted by Crippen LogP contribution is -2.14. The quantitative estimate of drug-likeness (QED) is 0.477. The molecule has 2 aliphatic rings. The third kappa shape index (κ3) is 1.75. The summed E-state index contributed by atoms with van der Waals surface area (Å²) in [4.78, 5) is 26.4. The molecule has 0 fully saturated rings. The molecule has 1 unspecified atom stereocenters. The summed E-state index contributed by atoms with van der Waals surface area (Å²) >= 11 is 0. The van der Waals surface area contributed by atoms with E-state index in [4.69, 9.17) is 9.47 Å². The summed E-state index contributed by atoms with van der Waals surface area (Å²) in [6.07, 6.45) is 1.46. The SMILES string of the molecule is CCOC(=O)C1=NC2C(=C1)Oc1cccc([N+](=O)[O-])c12. The molecule has 0 saturated heterocycles. The molecule has 1 atom stereocenters. The van der Waals surface area contributed by atoms with Gasteiger partial charge in [-0.05, 0) is 13.0 Å². The molecule has 0 amide bonds. The van der Waals surface area contributed by atoms with Crippen molar-refractivity contribution in [2.75, 3.05) is 6.61 Å². The second-order valence-corrected chi connectivity index (χ2v) is 4.23. The van der Waals surface area contributed by atoms with Gasteiger partial charge >= 0.3 is 5.97 Å². The highest BCUT2D eigenvalue weighted by Crippen LogP contribution is 2.48. The molecule has 3 rings (SSSR count). The number of hydrogen-bond acceptors (Lipinski definition) is 6. The summed E-state index contributed by atoms with van der Waals surface area (Å²) in [6.45, 7) is 1.93. The molecule has 0 aliphatic carbocycles. The summed E-state index contributed by atoms with van der Waals surface area (Å²) in [7, 11) is 0. The summed E-state index contributed by atoms with van der Waals surface area (Å²) in [5, 5.41) is 11.1. The fourth-order valence-corrected chi connectivity index (χ4v) is 2.24. The number of carbonyl (C=O) groups excluding carboxylic acids is 1. The second-order valence-electron chi connectivity index (χ2n) is 4.23. The smallest absolute Gasteiger partial charge is 0.356 e. The minimum atomic E-state index is -0.633. The Morgan fingerprint density at radius 3 is 3.05 bits per heavy atom. The third-order valence-corrected chi connectivity index (χ3v) is 3.04. The maximum Gasteiger partial charge on any atom is 0.356 e. The van der Waals surface area contributed by atoms with Crippen LogP contribution < -0.4 is 4.74 Å². The van der Waals surface area contributed by atoms with Crippen LogP contribution in [0.3, 0.4) is 0 Å². The van der Waals surface area contributed by atoms with Gasteiger partial charge in [0.2, 0.25) is 0 Å². The second kappa shape index (κ2) is 4.44. The van der Waals surface area contributed by atoms with Crippen LogP contribution in [0, 0.1) is 10.1 Å². The van der Waals surface area contributed by atoms with Gasteiger partial charge in [0.05, 0.1) is 11.5 Å². The highest BCUT2D eigenvalue weighted by molar-refractivity contribution is 6.42. The normalized spacial score (nSPS) is 18.6. The number of hydrogen-bond donors (Lipinski definition) is 0. The largest absolute Gasteiger partial charge is 0.461 e. The number of aliphatic imine (C=N–C) groups is 1. The molecule has 7 heteroatoms. The topological polar surface area (TPSA) is 91.0 Å². The summed E-state index contributed by atoms with van der Waals surface area (Å²) in [6, 6.07) is 3.95. The lowest BCUT2D eigenvalue weighted by Gasteiger charge is -2.02. The molecule has 0 radical (unpaired) electrons. The molecule has 0 bridgehead atoms. The number of esters is 1. The number of nitro groups is 1. The zero-order valence-electron chi connectivity index (χ0n) is 10.5. The Hall–Kier alpha value is -2.70. The first kappa shape index (κ1) is 12.3. The van der Waals surface area contributed by atoms with Gasteiger partial charge in [0.15, 0.2) is 0 Å². The zero-order chi connectivity index (χ0) is 14.3. The van der Waals surface area contributed by atoms with Gasteiger partial charge in [0.25, 0.3) is 5.69 Å². The van der Waals surface area contributed by atoms with Crippen molar-refractivity contribution in [1.82, 2.24) is 0 Å². The number of nitrogens with zero attached hydrogens (tertiary/aromatic N) is 2. The van der Waals surface area contributed by atoms with E-state index in [1.807, 2.05) is 0 Å². The summed E-state index contributed by atoms with van der Waals surface area (Å²) < 4.78 is 10.4. The molecule has 0 N–H and O–H groups in total. The first-order valence-corrected chi connectivity index (χ1v) is 6.03. The van der Waals surface area contributed by atoms with Crippen LogP contribution in [0.25, 0.3) is 0 Å². The standard InChI is InChI=1S/C13H10N2O5/c1-2-19-13(16)7-6-10-12(14-7)11-8(15(17)18)4-3-5-9(11)20-10/h3-6,12H,2H2,1H3. The number of nitro benzene ring substituents is 1. The molecule has 20 heavy (non-hydrogen) atoms. The van der Waals surface area contributed by atoms with Gasteiger partial charge in [-0.2, -0.15) is 0 Å². The molecule has 1 aromatic rings. The van der Waals surface area contributed by atoms with Crippen LogP contribution in [0.15, 0.2) is 35.0 Å². The molecule has 1 aromatic carbocycles. The van der Waals surface area contributed by atoms with Gasteiger partial charge in [0, 0.05) is 12.1 Å². The number of rotatable bonds is 3. The average molecular weight is 274 g/mol. The van der Waals surface area contributed by atoms with Crippen LogP contribution in [-0.4, -0.2) is 23.2 Å². The molecular formula is C13H10N2O5. The van der Waals surface area contributed by atoms with E-state index >= 15 is 0 Å². The van der Waals surface area contributed by atoms with Gasteiger partial charge in [-0.3, -0.25) is 15.1 Å². The molecule has 0 spiro atoms. The van der Waals surface area contributed by atoms with Crippen molar-refractivity contribution >= 4 is 17.4 Å². The van der Waals surface area contributed by atoms with Crippen molar-refractivity contribution in [3.8, 4) is 5.75 Å². The van der Waals surface area contributed by atoms with E-state index in [-0.39, 0.29) is 18.0 Å². The fourth-order valence-electron chi connectivity index (χ4n) is 2.24. The van der Waals surface area contributed by atoms with Crippen molar-refractivity contribution in [3.63, 3.8) is 0 Å². The zero-order valence-corrected chi connectivity index (χ0v) is 10.5. The Kier molecular flexibility index (Phi) is 2.74. The van der Waals surface area contributed by atoms with Gasteiger partial charge in [-0.15, -0.1) is 0 Å². The maximum atomic E-state index is 11.6. The van der Waals surface area contributed by atoms with Crippen molar-refractivity contribution in [2.45, 2.75) is 13.0 Å². The fraction of sp³-hybridized carbons (Fsp3) is 0.231. The summed E-state index contributed by atoms with van der Waals surface area (Å²) in [5.41, 5.74) is 0.434. The van der Waals surface area contributed by atoms with Gasteiger partial charge in [-0.1, -0.05) is 6.07 Å². The predicted molar refractivity (Wildman–Crippen MR) is 68.6 cm³/mol. The van der Waals surface area contributed by atoms with Gasteiger partial charge < -0.3 is 9.47 Å². The molecule has 2 aliphatic heterocycles. The minimum absolute atomic E-state index is 0.0650. The Morgan fingerprint density at radius 1 is 1.55 bits per heavy atom. The first-order chi connectivity index (χ1) is 9.61. The lowest BCUT2D eigenvalue weighted by molar-refractivity contribution is -0.385. The highest BCUT2D eigenvalue weighted by atomic mass is 16.6.